The monoisotopic (exact) mass is 256 g/mol. The van der Waals surface area contributed by atoms with Crippen LogP contribution in [-0.2, 0) is 9.59 Å². The van der Waals surface area contributed by atoms with Crippen LogP contribution in [-0.4, -0.2) is 31.3 Å². The van der Waals surface area contributed by atoms with Crippen LogP contribution in [0, 0.1) is 0 Å². The van der Waals surface area contributed by atoms with Crippen LogP contribution in [0.1, 0.15) is 0 Å². The van der Waals surface area contributed by atoms with Crippen molar-refractivity contribution >= 4 is 29.1 Å². The number of methoxy groups -OCH3 is 1. The van der Waals surface area contributed by atoms with Gasteiger partial charge in [0.25, 0.3) is 0 Å². The Morgan fingerprint density at radius 1 is 1.24 bits per heavy atom. The molecule has 2 amide bonds. The number of benzene rings is 1. The first-order valence-corrected chi connectivity index (χ1v) is 5.45. The predicted octanol–water partition coefficient (Wildman–Crippen LogP) is 0.989. The molecule has 0 heterocycles. The molecule has 0 aliphatic carbocycles. The molecular formula is C11H13ClN2O3. The minimum absolute atomic E-state index is 0.0996. The largest absolute Gasteiger partial charge is 0.497 e. The van der Waals surface area contributed by atoms with Gasteiger partial charge in [-0.2, -0.15) is 0 Å². The fourth-order valence-corrected chi connectivity index (χ4v) is 1.20. The Labute approximate surface area is 104 Å². The summed E-state index contributed by atoms with van der Waals surface area (Å²) in [7, 11) is 1.56. The smallest absolute Gasteiger partial charge is 0.243 e. The zero-order valence-electron chi connectivity index (χ0n) is 9.33. The number of amides is 2. The molecule has 6 heteroatoms. The molecule has 0 saturated heterocycles. The first-order valence-electron chi connectivity index (χ1n) is 4.92. The van der Waals surface area contributed by atoms with Crippen molar-refractivity contribution in [3.63, 3.8) is 0 Å². The van der Waals surface area contributed by atoms with Crippen molar-refractivity contribution in [2.45, 2.75) is 0 Å². The van der Waals surface area contributed by atoms with Gasteiger partial charge in [-0.15, -0.1) is 11.6 Å². The van der Waals surface area contributed by atoms with Gasteiger partial charge in [0.05, 0.1) is 13.7 Å². The van der Waals surface area contributed by atoms with E-state index in [1.54, 1.807) is 31.4 Å². The maximum Gasteiger partial charge on any atom is 0.243 e. The van der Waals surface area contributed by atoms with E-state index in [-0.39, 0.29) is 24.2 Å². The molecule has 0 unspecified atom stereocenters. The quantitative estimate of drug-likeness (QED) is 0.772. The molecule has 0 aliphatic rings. The Morgan fingerprint density at radius 2 is 1.88 bits per heavy atom. The van der Waals surface area contributed by atoms with Gasteiger partial charge in [-0.05, 0) is 24.3 Å². The average Bonchev–Trinajstić information content (AvgIpc) is 2.36. The number of carbonyl (C=O) groups is 2. The molecule has 0 aliphatic heterocycles. The number of alkyl halides is 1. The number of nitrogens with one attached hydrogen (secondary N) is 2. The van der Waals surface area contributed by atoms with Crippen LogP contribution < -0.4 is 15.4 Å². The van der Waals surface area contributed by atoms with E-state index in [1.807, 2.05) is 0 Å². The highest BCUT2D eigenvalue weighted by Crippen LogP contribution is 2.14. The maximum atomic E-state index is 11.4. The summed E-state index contributed by atoms with van der Waals surface area (Å²) in [6, 6.07) is 6.88. The summed E-state index contributed by atoms with van der Waals surface area (Å²) in [5.74, 6) is -0.140. The third-order valence-corrected chi connectivity index (χ3v) is 2.18. The van der Waals surface area contributed by atoms with E-state index in [0.717, 1.165) is 0 Å². The molecule has 0 aromatic heterocycles. The molecule has 0 radical (unpaired) electrons. The van der Waals surface area contributed by atoms with Crippen molar-refractivity contribution < 1.29 is 14.3 Å². The molecular weight excluding hydrogens is 244 g/mol. The summed E-state index contributed by atoms with van der Waals surface area (Å²) in [5, 5.41) is 4.99. The maximum absolute atomic E-state index is 11.4. The van der Waals surface area contributed by atoms with Gasteiger partial charge in [0, 0.05) is 5.69 Å². The molecule has 0 fully saturated rings. The molecule has 0 bridgehead atoms. The molecule has 2 N–H and O–H groups in total. The Bertz CT molecular complexity index is 392. The van der Waals surface area contributed by atoms with Crippen LogP contribution in [0.25, 0.3) is 0 Å². The molecule has 92 valence electrons. The van der Waals surface area contributed by atoms with Crippen LogP contribution in [0.3, 0.4) is 0 Å². The zero-order valence-corrected chi connectivity index (χ0v) is 10.1. The van der Waals surface area contributed by atoms with Crippen molar-refractivity contribution in [2.24, 2.45) is 0 Å². The summed E-state index contributed by atoms with van der Waals surface area (Å²) < 4.78 is 4.98. The van der Waals surface area contributed by atoms with E-state index in [4.69, 9.17) is 16.3 Å². The minimum atomic E-state index is -0.378. The van der Waals surface area contributed by atoms with E-state index in [2.05, 4.69) is 10.6 Å². The van der Waals surface area contributed by atoms with Gasteiger partial charge in [0.1, 0.15) is 11.6 Å². The standard InChI is InChI=1S/C11H13ClN2O3/c1-17-9-4-2-8(3-5-9)14-11(16)7-13-10(15)6-12/h2-5H,6-7H2,1H3,(H,13,15)(H,14,16). The van der Waals surface area contributed by atoms with Crippen LogP contribution in [0.4, 0.5) is 5.69 Å². The lowest BCUT2D eigenvalue weighted by Crippen LogP contribution is -2.33. The summed E-state index contributed by atoms with van der Waals surface area (Å²) in [6.45, 7) is -0.0996. The summed E-state index contributed by atoms with van der Waals surface area (Å²) in [5.41, 5.74) is 0.635. The Morgan fingerprint density at radius 3 is 2.41 bits per heavy atom. The van der Waals surface area contributed by atoms with Crippen LogP contribution >= 0.6 is 11.6 Å². The normalized spacial score (nSPS) is 9.53. The number of rotatable bonds is 5. The van der Waals surface area contributed by atoms with Crippen molar-refractivity contribution in [1.29, 1.82) is 0 Å². The second kappa shape index (κ2) is 6.75. The second-order valence-electron chi connectivity index (χ2n) is 3.19. The number of anilines is 1. The highest BCUT2D eigenvalue weighted by Gasteiger charge is 2.04. The van der Waals surface area contributed by atoms with E-state index >= 15 is 0 Å². The van der Waals surface area contributed by atoms with E-state index in [1.165, 1.54) is 0 Å². The minimum Gasteiger partial charge on any atom is -0.497 e. The molecule has 17 heavy (non-hydrogen) atoms. The van der Waals surface area contributed by atoms with E-state index < -0.39 is 0 Å². The van der Waals surface area contributed by atoms with Gasteiger partial charge >= 0.3 is 0 Å². The molecule has 1 aromatic carbocycles. The predicted molar refractivity (Wildman–Crippen MR) is 65.4 cm³/mol. The number of carbonyl (C=O) groups excluding carboxylic acids is 2. The Kier molecular flexibility index (Phi) is 5.29. The molecule has 5 nitrogen and oxygen atoms in total. The third kappa shape index (κ3) is 4.74. The van der Waals surface area contributed by atoms with Gasteiger partial charge in [-0.3, -0.25) is 9.59 Å². The van der Waals surface area contributed by atoms with Gasteiger partial charge < -0.3 is 15.4 Å². The molecule has 1 rings (SSSR count). The average molecular weight is 257 g/mol. The van der Waals surface area contributed by atoms with Crippen molar-refractivity contribution in [1.82, 2.24) is 5.32 Å². The topological polar surface area (TPSA) is 67.4 Å². The molecule has 0 spiro atoms. The number of hydrogen-bond donors (Lipinski definition) is 2. The van der Waals surface area contributed by atoms with Gasteiger partial charge in [0.15, 0.2) is 0 Å². The Balaban J connectivity index is 2.42. The summed E-state index contributed by atoms with van der Waals surface area (Å²) in [4.78, 5) is 22.2. The first kappa shape index (κ1) is 13.3. The Hall–Kier alpha value is -1.75. The molecule has 1 aromatic rings. The lowest BCUT2D eigenvalue weighted by molar-refractivity contribution is -0.122. The zero-order chi connectivity index (χ0) is 12.7. The van der Waals surface area contributed by atoms with E-state index in [0.29, 0.717) is 11.4 Å². The van der Waals surface area contributed by atoms with Crippen molar-refractivity contribution in [2.75, 3.05) is 24.9 Å². The fraction of sp³-hybridized carbons (Fsp3) is 0.273. The van der Waals surface area contributed by atoms with Crippen molar-refractivity contribution in [3.8, 4) is 5.75 Å². The van der Waals surface area contributed by atoms with Crippen LogP contribution in [0.5, 0.6) is 5.75 Å². The summed E-state index contributed by atoms with van der Waals surface area (Å²) in [6.07, 6.45) is 0. The summed E-state index contributed by atoms with van der Waals surface area (Å²) >= 11 is 5.27. The lowest BCUT2D eigenvalue weighted by atomic mass is 10.3. The van der Waals surface area contributed by atoms with Gasteiger partial charge in [-0.1, -0.05) is 0 Å². The SMILES string of the molecule is COc1ccc(NC(=O)CNC(=O)CCl)cc1. The number of halogens is 1. The lowest BCUT2D eigenvalue weighted by Gasteiger charge is -2.06. The molecule has 0 atom stereocenters. The van der Waals surface area contributed by atoms with Crippen LogP contribution in [0.15, 0.2) is 24.3 Å². The highest BCUT2D eigenvalue weighted by molar-refractivity contribution is 6.27. The van der Waals surface area contributed by atoms with Gasteiger partial charge in [-0.25, -0.2) is 0 Å². The number of hydrogen-bond acceptors (Lipinski definition) is 3. The third-order valence-electron chi connectivity index (χ3n) is 1.94. The highest BCUT2D eigenvalue weighted by atomic mass is 35.5. The first-order chi connectivity index (χ1) is 8.15. The van der Waals surface area contributed by atoms with Crippen molar-refractivity contribution in [3.05, 3.63) is 24.3 Å². The second-order valence-corrected chi connectivity index (χ2v) is 3.45. The number of ether oxygens (including phenoxy) is 1. The fourth-order valence-electron chi connectivity index (χ4n) is 1.11. The van der Waals surface area contributed by atoms with E-state index in [9.17, 15) is 9.59 Å². The van der Waals surface area contributed by atoms with Crippen LogP contribution in [0.2, 0.25) is 0 Å². The van der Waals surface area contributed by atoms with Gasteiger partial charge in [0.2, 0.25) is 11.8 Å². The molecule has 0 saturated carbocycles.